The van der Waals surface area contributed by atoms with Crippen LogP contribution in [0.15, 0.2) is 89.2 Å². The van der Waals surface area contributed by atoms with Crippen LogP contribution in [0.5, 0.6) is 0 Å². The average molecular weight is 697 g/mol. The number of aryl methyl sites for hydroxylation is 2. The number of fused-ring (bicyclic) bond motifs is 4. The molecule has 38 heavy (non-hydrogen) atoms. The third kappa shape index (κ3) is 5.78. The van der Waals surface area contributed by atoms with Gasteiger partial charge in [-0.1, -0.05) is 38.1 Å². The van der Waals surface area contributed by atoms with E-state index in [1.807, 2.05) is 18.3 Å². The molecule has 3 heterocycles. The molecule has 0 aliphatic rings. The number of para-hydroxylation sites is 1. The molecule has 6 heteroatoms. The number of benzene rings is 3. The molecule has 0 unspecified atom stereocenters. The number of aromatic nitrogens is 1. The van der Waals surface area contributed by atoms with Gasteiger partial charge in [-0.05, 0) is 55.1 Å². The molecular formula is C32H26IrNO3S-. The molecule has 0 aliphatic heterocycles. The van der Waals surface area contributed by atoms with Crippen molar-refractivity contribution >= 4 is 49.1 Å². The number of pyridine rings is 1. The maximum absolute atomic E-state index is 10.0. The van der Waals surface area contributed by atoms with Gasteiger partial charge in [0.15, 0.2) is 5.78 Å². The summed E-state index contributed by atoms with van der Waals surface area (Å²) in [7, 11) is 0. The van der Waals surface area contributed by atoms with Gasteiger partial charge in [0.05, 0.1) is 5.76 Å². The predicted molar refractivity (Wildman–Crippen MR) is 153 cm³/mol. The van der Waals surface area contributed by atoms with E-state index in [0.29, 0.717) is 0 Å². The van der Waals surface area contributed by atoms with Gasteiger partial charge >= 0.3 is 0 Å². The Kier molecular flexibility index (Phi) is 8.27. The number of furan rings is 1. The maximum Gasteiger partial charge on any atom is 0.155 e. The molecule has 4 nitrogen and oxygen atoms in total. The molecule has 0 fully saturated rings. The summed E-state index contributed by atoms with van der Waals surface area (Å²) >= 11 is 1.77. The van der Waals surface area contributed by atoms with Crippen molar-refractivity contribution in [3.05, 3.63) is 102 Å². The Balaban J connectivity index is 0.000000375. The van der Waals surface area contributed by atoms with E-state index in [2.05, 4.69) is 74.5 Å². The topological polar surface area (TPSA) is 63.3 Å². The van der Waals surface area contributed by atoms with Crippen LogP contribution in [0, 0.1) is 19.9 Å². The van der Waals surface area contributed by atoms with Gasteiger partial charge in [0.1, 0.15) is 11.2 Å². The van der Waals surface area contributed by atoms with Crippen LogP contribution < -0.4 is 0 Å². The van der Waals surface area contributed by atoms with Gasteiger partial charge < -0.3 is 14.5 Å². The molecular weight excluding hydrogens is 671 g/mol. The number of carbonyl (C=O) groups excluding carboxylic acids is 1. The second kappa shape index (κ2) is 11.4. The van der Waals surface area contributed by atoms with Gasteiger partial charge in [0.2, 0.25) is 0 Å². The Hall–Kier alpha value is -3.57. The summed E-state index contributed by atoms with van der Waals surface area (Å²) < 4.78 is 7.29. The van der Waals surface area contributed by atoms with Crippen LogP contribution in [0.4, 0.5) is 0 Å². The summed E-state index contributed by atoms with van der Waals surface area (Å²) in [5.74, 6) is -0.0625. The van der Waals surface area contributed by atoms with Gasteiger partial charge in [-0.25, -0.2) is 0 Å². The molecule has 193 valence electrons. The van der Waals surface area contributed by atoms with Crippen LogP contribution in [-0.2, 0) is 24.9 Å². The predicted octanol–water partition coefficient (Wildman–Crippen LogP) is 8.98. The quantitative estimate of drug-likeness (QED) is 0.114. The van der Waals surface area contributed by atoms with E-state index in [4.69, 9.17) is 14.5 Å². The molecule has 0 saturated carbocycles. The fraction of sp³-hybridized carbons (Fsp3) is 0.125. The normalized spacial score (nSPS) is 11.3. The first-order valence-electron chi connectivity index (χ1n) is 12.0. The molecule has 6 rings (SSSR count). The van der Waals surface area contributed by atoms with Gasteiger partial charge in [-0.15, -0.1) is 46.2 Å². The Morgan fingerprint density at radius 2 is 1.74 bits per heavy atom. The smallest absolute Gasteiger partial charge is 0.155 e. The molecule has 0 saturated heterocycles. The SMILES string of the molecule is CC(=O)/C=C(/C)O.Cc1[c-]c(-c2nccc3cc(-c4ccc5c(c4)oc4ccccc45)sc23)cc(C)c1.[Ir]. The number of thiophene rings is 1. The van der Waals surface area contributed by atoms with Crippen LogP contribution in [0.1, 0.15) is 25.0 Å². The third-order valence-corrected chi connectivity index (χ3v) is 7.12. The summed E-state index contributed by atoms with van der Waals surface area (Å²) in [6, 6.07) is 26.8. The zero-order valence-electron chi connectivity index (χ0n) is 21.5. The molecule has 0 amide bonds. The zero-order chi connectivity index (χ0) is 26.1. The molecule has 3 aromatic heterocycles. The number of hydrogen-bond acceptors (Lipinski definition) is 5. The molecule has 0 bridgehead atoms. The zero-order valence-corrected chi connectivity index (χ0v) is 24.7. The standard InChI is InChI=1S/C27H18NOS.C5H8O2.Ir/c1-16-11-17(2)13-20(12-16)26-27-19(9-10-28-26)15-25(30-27)18-7-8-22-21-5-3-4-6-23(21)29-24(22)14-18;1-4(6)3-5(2)7;/h3-12,14-15H,1-2H3;3,6H,1-2H3;/q-1;;/b;4-3-;. The minimum Gasteiger partial charge on any atom is -0.512 e. The van der Waals surface area contributed by atoms with E-state index < -0.39 is 0 Å². The Morgan fingerprint density at radius 3 is 2.45 bits per heavy atom. The summed E-state index contributed by atoms with van der Waals surface area (Å²) in [6.45, 7) is 7.05. The van der Waals surface area contributed by atoms with Crippen molar-refractivity contribution in [3.63, 3.8) is 0 Å². The van der Waals surface area contributed by atoms with Gasteiger partial charge in [0, 0.05) is 58.4 Å². The summed E-state index contributed by atoms with van der Waals surface area (Å²) in [4.78, 5) is 15.9. The largest absolute Gasteiger partial charge is 0.512 e. The molecule has 1 radical (unpaired) electrons. The fourth-order valence-corrected chi connectivity index (χ4v) is 5.65. The molecule has 0 aliphatic carbocycles. The van der Waals surface area contributed by atoms with E-state index in [1.165, 1.54) is 40.5 Å². The van der Waals surface area contributed by atoms with E-state index in [0.717, 1.165) is 44.3 Å². The average Bonchev–Trinajstić information content (AvgIpc) is 3.44. The summed E-state index contributed by atoms with van der Waals surface area (Å²) in [5, 5.41) is 11.9. The van der Waals surface area contributed by atoms with E-state index in [9.17, 15) is 4.79 Å². The first-order chi connectivity index (χ1) is 17.8. The molecule has 6 aromatic rings. The Labute approximate surface area is 239 Å². The van der Waals surface area contributed by atoms with Gasteiger partial charge in [0.25, 0.3) is 0 Å². The summed E-state index contributed by atoms with van der Waals surface area (Å²) in [5.41, 5.74) is 7.44. The number of hydrogen-bond donors (Lipinski definition) is 1. The van der Waals surface area contributed by atoms with Crippen molar-refractivity contribution in [2.24, 2.45) is 0 Å². The number of aliphatic hydroxyl groups is 1. The molecule has 3 aromatic carbocycles. The van der Waals surface area contributed by atoms with Crippen LogP contribution in [0.3, 0.4) is 0 Å². The number of ketones is 1. The second-order valence-corrected chi connectivity index (χ2v) is 10.2. The number of rotatable bonds is 3. The fourth-order valence-electron chi connectivity index (χ4n) is 4.50. The van der Waals surface area contributed by atoms with E-state index in [1.54, 1.807) is 11.3 Å². The third-order valence-electron chi connectivity index (χ3n) is 5.91. The minimum absolute atomic E-state index is 0. The number of carbonyl (C=O) groups is 1. The maximum atomic E-state index is 10.0. The van der Waals surface area contributed by atoms with E-state index in [-0.39, 0.29) is 31.6 Å². The minimum atomic E-state index is -0.125. The molecule has 0 spiro atoms. The van der Waals surface area contributed by atoms with Crippen molar-refractivity contribution in [1.29, 1.82) is 0 Å². The van der Waals surface area contributed by atoms with Gasteiger partial charge in [-0.3, -0.25) is 4.79 Å². The van der Waals surface area contributed by atoms with Crippen molar-refractivity contribution < 1.29 is 34.4 Å². The van der Waals surface area contributed by atoms with Crippen molar-refractivity contribution in [2.75, 3.05) is 0 Å². The van der Waals surface area contributed by atoms with Crippen LogP contribution in [-0.4, -0.2) is 15.9 Å². The second-order valence-electron chi connectivity index (χ2n) is 9.15. The molecule has 1 N–H and O–H groups in total. The van der Waals surface area contributed by atoms with Gasteiger partial charge in [-0.2, -0.15) is 0 Å². The first-order valence-corrected chi connectivity index (χ1v) is 12.8. The van der Waals surface area contributed by atoms with Crippen LogP contribution in [0.2, 0.25) is 0 Å². The van der Waals surface area contributed by atoms with E-state index >= 15 is 0 Å². The number of nitrogens with zero attached hydrogens (tertiary/aromatic N) is 1. The van der Waals surface area contributed by atoms with Crippen molar-refractivity contribution in [3.8, 4) is 21.7 Å². The van der Waals surface area contributed by atoms with Crippen molar-refractivity contribution in [2.45, 2.75) is 27.7 Å². The Morgan fingerprint density at radius 1 is 0.974 bits per heavy atom. The van der Waals surface area contributed by atoms with Crippen LogP contribution in [0.25, 0.3) is 53.7 Å². The number of aliphatic hydroxyl groups excluding tert-OH is 1. The Bertz CT molecular complexity index is 1790. The van der Waals surface area contributed by atoms with Crippen LogP contribution >= 0.6 is 11.3 Å². The molecule has 0 atom stereocenters. The first kappa shape index (κ1) is 27.5. The summed E-state index contributed by atoms with van der Waals surface area (Å²) in [6.07, 6.45) is 3.06. The number of allylic oxidation sites excluding steroid dienone is 2. The monoisotopic (exact) mass is 697 g/mol. The van der Waals surface area contributed by atoms with Crippen molar-refractivity contribution in [1.82, 2.24) is 4.98 Å².